The lowest BCUT2D eigenvalue weighted by Gasteiger charge is -2.31. The molecule has 11 heteroatoms. The Morgan fingerprint density at radius 2 is 1.56 bits per heavy atom. The maximum absolute atomic E-state index is 13.5. The molecule has 1 atom stereocenters. The highest BCUT2D eigenvalue weighted by molar-refractivity contribution is 7.92. The fourth-order valence-corrected chi connectivity index (χ4v) is 4.15. The molecule has 0 saturated carbocycles. The van der Waals surface area contributed by atoms with Crippen molar-refractivity contribution in [2.75, 3.05) is 45.5 Å². The van der Waals surface area contributed by atoms with Crippen LogP contribution < -0.4 is 23.8 Å². The van der Waals surface area contributed by atoms with Gasteiger partial charge in [-0.1, -0.05) is 12.1 Å². The highest BCUT2D eigenvalue weighted by Gasteiger charge is 2.31. The van der Waals surface area contributed by atoms with Crippen LogP contribution in [0.4, 0.5) is 5.69 Å². The molecule has 0 saturated heterocycles. The van der Waals surface area contributed by atoms with Crippen LogP contribution in [0, 0.1) is 0 Å². The Bertz CT molecular complexity index is 1100. The third-order valence-electron chi connectivity index (χ3n) is 5.26. The number of benzene rings is 2. The Morgan fingerprint density at radius 1 is 0.971 bits per heavy atom. The van der Waals surface area contributed by atoms with Crippen LogP contribution in [0.15, 0.2) is 42.5 Å². The minimum absolute atomic E-state index is 0.0876. The van der Waals surface area contributed by atoms with Gasteiger partial charge in [0.25, 0.3) is 0 Å². The minimum Gasteiger partial charge on any atom is -0.497 e. The van der Waals surface area contributed by atoms with Crippen LogP contribution in [0.1, 0.15) is 12.5 Å². The number of likely N-dealkylation sites (N-methyl/N-ethyl adjacent to an activating group) is 1. The second kappa shape index (κ2) is 11.6. The largest absolute Gasteiger partial charge is 0.497 e. The molecule has 0 aromatic heterocycles. The summed E-state index contributed by atoms with van der Waals surface area (Å²) in [5.74, 6) is 0.342. The van der Waals surface area contributed by atoms with Crippen molar-refractivity contribution in [2.24, 2.45) is 0 Å². The van der Waals surface area contributed by atoms with Crippen LogP contribution in [0.3, 0.4) is 0 Å². The lowest BCUT2D eigenvalue weighted by atomic mass is 10.1. The van der Waals surface area contributed by atoms with E-state index in [1.807, 2.05) is 0 Å². The molecule has 0 radical (unpaired) electrons. The minimum atomic E-state index is -3.90. The number of rotatable bonds is 11. The van der Waals surface area contributed by atoms with Crippen molar-refractivity contribution in [2.45, 2.75) is 19.5 Å². The van der Waals surface area contributed by atoms with Gasteiger partial charge in [-0.2, -0.15) is 0 Å². The number of hydrogen-bond acceptors (Lipinski definition) is 7. The lowest BCUT2D eigenvalue weighted by Crippen LogP contribution is -2.50. The molecule has 0 aliphatic carbocycles. The smallest absolute Gasteiger partial charge is 0.244 e. The molecular formula is C23H31N3O7S. The van der Waals surface area contributed by atoms with Gasteiger partial charge in [-0.15, -0.1) is 0 Å². The molecule has 2 aromatic rings. The number of sulfonamides is 1. The predicted molar refractivity (Wildman–Crippen MR) is 129 cm³/mol. The Kier molecular flexibility index (Phi) is 9.13. The first-order chi connectivity index (χ1) is 16.0. The molecule has 0 heterocycles. The molecule has 2 aromatic carbocycles. The number of methoxy groups -OCH3 is 3. The first-order valence-corrected chi connectivity index (χ1v) is 12.2. The summed E-state index contributed by atoms with van der Waals surface area (Å²) in [6.45, 7) is 1.13. The van der Waals surface area contributed by atoms with Crippen LogP contribution in [-0.2, 0) is 26.2 Å². The molecule has 1 N–H and O–H groups in total. The Morgan fingerprint density at radius 3 is 2.06 bits per heavy atom. The molecule has 0 fully saturated rings. The van der Waals surface area contributed by atoms with Crippen molar-refractivity contribution in [3.05, 3.63) is 48.0 Å². The predicted octanol–water partition coefficient (Wildman–Crippen LogP) is 1.64. The Balaban J connectivity index is 2.46. The zero-order valence-corrected chi connectivity index (χ0v) is 21.0. The van der Waals surface area contributed by atoms with E-state index >= 15 is 0 Å². The standard InChI is InChI=1S/C23H31N3O7S/c1-16(23(28)24-2)25(14-17-7-9-18(31-3)10-8-17)22(27)15-26(34(6,29)30)20-13-19(32-4)11-12-21(20)33-5/h7-13,16H,14-15H2,1-6H3,(H,24,28). The third-order valence-corrected chi connectivity index (χ3v) is 6.39. The zero-order chi connectivity index (χ0) is 25.5. The highest BCUT2D eigenvalue weighted by Crippen LogP contribution is 2.34. The monoisotopic (exact) mass is 493 g/mol. The van der Waals surface area contributed by atoms with E-state index in [2.05, 4.69) is 5.32 Å². The summed E-state index contributed by atoms with van der Waals surface area (Å²) in [4.78, 5) is 27.2. The van der Waals surface area contributed by atoms with Crippen molar-refractivity contribution < 1.29 is 32.2 Å². The average Bonchev–Trinajstić information content (AvgIpc) is 2.83. The van der Waals surface area contributed by atoms with E-state index in [1.165, 1.54) is 32.2 Å². The second-order valence-corrected chi connectivity index (χ2v) is 9.37. The van der Waals surface area contributed by atoms with Gasteiger partial charge in [0.15, 0.2) is 0 Å². The third kappa shape index (κ3) is 6.53. The van der Waals surface area contributed by atoms with Gasteiger partial charge in [0.2, 0.25) is 21.8 Å². The summed E-state index contributed by atoms with van der Waals surface area (Å²) in [6.07, 6.45) is 0.995. The molecule has 2 rings (SSSR count). The quantitative estimate of drug-likeness (QED) is 0.506. The van der Waals surface area contributed by atoms with E-state index in [9.17, 15) is 18.0 Å². The van der Waals surface area contributed by atoms with Gasteiger partial charge in [-0.25, -0.2) is 8.42 Å². The molecule has 186 valence electrons. The first kappa shape index (κ1) is 26.8. The number of amides is 2. The second-order valence-electron chi connectivity index (χ2n) is 7.47. The Labute approximate surface area is 200 Å². The number of ether oxygens (including phenoxy) is 3. The van der Waals surface area contributed by atoms with Crippen molar-refractivity contribution in [1.82, 2.24) is 10.2 Å². The Hall–Kier alpha value is -3.47. The van der Waals surface area contributed by atoms with E-state index in [0.29, 0.717) is 11.5 Å². The molecule has 10 nitrogen and oxygen atoms in total. The fourth-order valence-electron chi connectivity index (χ4n) is 3.31. The van der Waals surface area contributed by atoms with Crippen molar-refractivity contribution >= 4 is 27.5 Å². The van der Waals surface area contributed by atoms with Gasteiger partial charge >= 0.3 is 0 Å². The maximum atomic E-state index is 13.5. The van der Waals surface area contributed by atoms with Gasteiger partial charge in [0, 0.05) is 19.7 Å². The average molecular weight is 494 g/mol. The molecule has 1 unspecified atom stereocenters. The van der Waals surface area contributed by atoms with E-state index < -0.39 is 28.5 Å². The van der Waals surface area contributed by atoms with Crippen LogP contribution >= 0.6 is 0 Å². The summed E-state index contributed by atoms with van der Waals surface area (Å²) >= 11 is 0. The summed E-state index contributed by atoms with van der Waals surface area (Å²) < 4.78 is 42.1. The summed E-state index contributed by atoms with van der Waals surface area (Å²) in [5.41, 5.74) is 0.893. The fraction of sp³-hybridized carbons (Fsp3) is 0.391. The summed E-state index contributed by atoms with van der Waals surface area (Å²) in [7, 11) is 1.96. The van der Waals surface area contributed by atoms with Crippen molar-refractivity contribution in [3.8, 4) is 17.2 Å². The van der Waals surface area contributed by atoms with E-state index in [-0.39, 0.29) is 23.9 Å². The zero-order valence-electron chi connectivity index (χ0n) is 20.2. The first-order valence-electron chi connectivity index (χ1n) is 10.4. The van der Waals surface area contributed by atoms with Gasteiger partial charge < -0.3 is 24.4 Å². The number of carbonyl (C=O) groups excluding carboxylic acids is 2. The molecular weight excluding hydrogens is 462 g/mol. The van der Waals surface area contributed by atoms with Crippen LogP contribution in [0.2, 0.25) is 0 Å². The number of carbonyl (C=O) groups is 2. The topological polar surface area (TPSA) is 114 Å². The lowest BCUT2D eigenvalue weighted by molar-refractivity contribution is -0.139. The van der Waals surface area contributed by atoms with Gasteiger partial charge in [0.05, 0.1) is 33.3 Å². The summed E-state index contributed by atoms with van der Waals surface area (Å²) in [6, 6.07) is 10.8. The van der Waals surface area contributed by atoms with E-state index in [4.69, 9.17) is 14.2 Å². The van der Waals surface area contributed by atoms with Crippen LogP contribution in [-0.4, -0.2) is 72.4 Å². The number of anilines is 1. The van der Waals surface area contributed by atoms with Crippen molar-refractivity contribution in [3.63, 3.8) is 0 Å². The maximum Gasteiger partial charge on any atom is 0.244 e. The molecule has 34 heavy (non-hydrogen) atoms. The normalized spacial score (nSPS) is 11.8. The van der Waals surface area contributed by atoms with E-state index in [1.54, 1.807) is 50.4 Å². The van der Waals surface area contributed by atoms with Crippen LogP contribution in [0.5, 0.6) is 17.2 Å². The van der Waals surface area contributed by atoms with Gasteiger partial charge in [-0.05, 0) is 36.8 Å². The molecule has 0 bridgehead atoms. The van der Waals surface area contributed by atoms with Crippen molar-refractivity contribution in [1.29, 1.82) is 0 Å². The number of nitrogens with zero attached hydrogens (tertiary/aromatic N) is 2. The van der Waals surface area contributed by atoms with E-state index in [0.717, 1.165) is 16.1 Å². The molecule has 0 aliphatic heterocycles. The number of hydrogen-bond donors (Lipinski definition) is 1. The van der Waals surface area contributed by atoms with Gasteiger partial charge in [-0.3, -0.25) is 13.9 Å². The SMILES string of the molecule is CNC(=O)C(C)N(Cc1ccc(OC)cc1)C(=O)CN(c1cc(OC)ccc1OC)S(C)(=O)=O. The summed E-state index contributed by atoms with van der Waals surface area (Å²) in [5, 5.41) is 2.53. The molecule has 0 spiro atoms. The molecule has 0 aliphatic rings. The van der Waals surface area contributed by atoms with Crippen LogP contribution in [0.25, 0.3) is 0 Å². The number of nitrogens with one attached hydrogen (secondary N) is 1. The molecule has 2 amide bonds. The highest BCUT2D eigenvalue weighted by atomic mass is 32.2. The van der Waals surface area contributed by atoms with Gasteiger partial charge in [0.1, 0.15) is 29.8 Å².